The van der Waals surface area contributed by atoms with Crippen molar-refractivity contribution in [3.8, 4) is 0 Å². The smallest absolute Gasteiger partial charge is 0.315 e. The first-order chi connectivity index (χ1) is 8.16. The molecular weight excluding hydrogens is 265 g/mol. The lowest BCUT2D eigenvalue weighted by Gasteiger charge is -2.23. The molecule has 0 aromatic heterocycles. The Morgan fingerprint density at radius 3 is 2.39 bits per heavy atom. The van der Waals surface area contributed by atoms with Gasteiger partial charge in [-0.2, -0.15) is 13.2 Å². The topological polar surface area (TPSA) is 53.0 Å². The van der Waals surface area contributed by atoms with Crippen LogP contribution < -0.4 is 5.32 Å². The van der Waals surface area contributed by atoms with Crippen LogP contribution in [0.2, 0.25) is 0 Å². The van der Waals surface area contributed by atoms with E-state index < -0.39 is 20.1 Å². The average molecular weight is 280 g/mol. The standard InChI is InChI=1S/C11H15F3N2OS/c1-8(2)10(18(15,17)11(12,13)14)5-3-4-9-6-16-7-9/h3-5,9,15-16H,1,6-7H2,2H3/b4-3+,10-5+. The molecule has 1 aliphatic heterocycles. The molecule has 7 heteroatoms. The number of nitrogens with one attached hydrogen (secondary N) is 2. The normalized spacial score (nSPS) is 21.7. The molecule has 1 unspecified atom stereocenters. The second-order valence-electron chi connectivity index (χ2n) is 4.12. The zero-order valence-corrected chi connectivity index (χ0v) is 10.7. The molecule has 1 fully saturated rings. The van der Waals surface area contributed by atoms with E-state index in [1.807, 2.05) is 0 Å². The van der Waals surface area contributed by atoms with Gasteiger partial charge in [0.1, 0.15) is 0 Å². The van der Waals surface area contributed by atoms with Crippen molar-refractivity contribution in [3.63, 3.8) is 0 Å². The number of alkyl halides is 3. The molecule has 18 heavy (non-hydrogen) atoms. The summed E-state index contributed by atoms with van der Waals surface area (Å²) < 4.78 is 56.1. The summed E-state index contributed by atoms with van der Waals surface area (Å²) in [7, 11) is -4.83. The summed E-state index contributed by atoms with van der Waals surface area (Å²) in [6, 6.07) is 0. The fourth-order valence-electron chi connectivity index (χ4n) is 1.36. The Bertz CT molecular complexity index is 485. The SMILES string of the molecule is C=C(C)/C(=C\C=C\C1CNC1)S(=N)(=O)C(F)(F)F. The minimum absolute atomic E-state index is 0.0105. The second-order valence-corrected chi connectivity index (χ2v) is 6.13. The molecule has 0 amide bonds. The molecule has 1 heterocycles. The van der Waals surface area contributed by atoms with Crippen molar-refractivity contribution < 1.29 is 17.4 Å². The van der Waals surface area contributed by atoms with Gasteiger partial charge in [-0.25, -0.2) is 8.99 Å². The van der Waals surface area contributed by atoms with Crippen LogP contribution in [-0.2, 0) is 9.73 Å². The highest BCUT2D eigenvalue weighted by Crippen LogP contribution is 2.33. The Kier molecular flexibility index (Phi) is 4.39. The van der Waals surface area contributed by atoms with E-state index in [4.69, 9.17) is 4.78 Å². The van der Waals surface area contributed by atoms with Gasteiger partial charge in [-0.3, -0.25) is 0 Å². The molecule has 0 aromatic carbocycles. The van der Waals surface area contributed by atoms with Gasteiger partial charge in [0.2, 0.25) is 0 Å². The van der Waals surface area contributed by atoms with Crippen LogP contribution in [0.1, 0.15) is 6.92 Å². The summed E-state index contributed by atoms with van der Waals surface area (Å²) in [5.74, 6) is 0.278. The number of halogens is 3. The van der Waals surface area contributed by atoms with Gasteiger partial charge in [0.25, 0.3) is 0 Å². The van der Waals surface area contributed by atoms with Gasteiger partial charge >= 0.3 is 5.51 Å². The van der Waals surface area contributed by atoms with Gasteiger partial charge in [0.05, 0.1) is 4.91 Å². The number of hydrogen-bond donors (Lipinski definition) is 2. The molecule has 2 N–H and O–H groups in total. The van der Waals surface area contributed by atoms with Crippen LogP contribution >= 0.6 is 0 Å². The summed E-state index contributed by atoms with van der Waals surface area (Å²) in [4.78, 5) is -0.571. The monoisotopic (exact) mass is 280 g/mol. The zero-order chi connectivity index (χ0) is 14.0. The Morgan fingerprint density at radius 1 is 1.50 bits per heavy atom. The second kappa shape index (κ2) is 5.27. The molecule has 0 spiro atoms. The lowest BCUT2D eigenvalue weighted by atomic mass is 10.0. The Balaban J connectivity index is 2.99. The maximum Gasteiger partial charge on any atom is 0.483 e. The zero-order valence-electron chi connectivity index (χ0n) is 9.88. The molecule has 1 saturated heterocycles. The van der Waals surface area contributed by atoms with Crippen LogP contribution in [0.4, 0.5) is 13.2 Å². The van der Waals surface area contributed by atoms with Crippen molar-refractivity contribution in [2.75, 3.05) is 13.1 Å². The summed E-state index contributed by atoms with van der Waals surface area (Å²) in [5, 5.41) is 3.01. The summed E-state index contributed by atoms with van der Waals surface area (Å²) in [5.41, 5.74) is -5.09. The van der Waals surface area contributed by atoms with E-state index in [9.17, 15) is 17.4 Å². The van der Waals surface area contributed by atoms with E-state index in [-0.39, 0.29) is 11.5 Å². The van der Waals surface area contributed by atoms with Gasteiger partial charge in [-0.05, 0) is 18.6 Å². The number of allylic oxidation sites excluding steroid dienone is 3. The van der Waals surface area contributed by atoms with E-state index in [1.165, 1.54) is 13.0 Å². The molecule has 1 rings (SSSR count). The summed E-state index contributed by atoms with van der Waals surface area (Å²) >= 11 is 0. The molecule has 1 aliphatic rings. The van der Waals surface area contributed by atoms with Crippen LogP contribution in [-0.4, -0.2) is 22.8 Å². The number of rotatable bonds is 4. The maximum atomic E-state index is 12.5. The third kappa shape index (κ3) is 3.23. The minimum Gasteiger partial charge on any atom is -0.315 e. The lowest BCUT2D eigenvalue weighted by Crippen LogP contribution is -2.40. The molecule has 102 valence electrons. The largest absolute Gasteiger partial charge is 0.483 e. The third-order valence-electron chi connectivity index (χ3n) is 2.50. The van der Waals surface area contributed by atoms with Crippen molar-refractivity contribution >= 4 is 9.73 Å². The molecule has 0 aliphatic carbocycles. The molecule has 0 bridgehead atoms. The van der Waals surface area contributed by atoms with Gasteiger partial charge in [0.15, 0.2) is 9.73 Å². The van der Waals surface area contributed by atoms with Crippen molar-refractivity contribution in [1.29, 1.82) is 4.78 Å². The Hall–Kier alpha value is -1.08. The summed E-state index contributed by atoms with van der Waals surface area (Å²) in [6.45, 7) is 6.22. The van der Waals surface area contributed by atoms with Gasteiger partial charge < -0.3 is 5.32 Å². The van der Waals surface area contributed by atoms with Crippen molar-refractivity contribution in [2.24, 2.45) is 5.92 Å². The fourth-order valence-corrected chi connectivity index (χ4v) is 2.37. The fraction of sp³-hybridized carbons (Fsp3) is 0.455. The first-order valence-corrected chi connectivity index (χ1v) is 6.82. The van der Waals surface area contributed by atoms with E-state index in [2.05, 4.69) is 11.9 Å². The van der Waals surface area contributed by atoms with Crippen LogP contribution in [0, 0.1) is 10.7 Å². The summed E-state index contributed by atoms with van der Waals surface area (Å²) in [6.07, 6.45) is 4.21. The predicted octanol–water partition coefficient (Wildman–Crippen LogP) is 2.79. The molecule has 0 saturated carbocycles. The Morgan fingerprint density at radius 2 is 2.06 bits per heavy atom. The van der Waals surface area contributed by atoms with E-state index >= 15 is 0 Å². The van der Waals surface area contributed by atoms with Crippen LogP contribution in [0.25, 0.3) is 0 Å². The number of hydrogen-bond acceptors (Lipinski definition) is 3. The van der Waals surface area contributed by atoms with Crippen molar-refractivity contribution in [3.05, 3.63) is 35.3 Å². The predicted molar refractivity (Wildman–Crippen MR) is 65.3 cm³/mol. The lowest BCUT2D eigenvalue weighted by molar-refractivity contribution is -0.0397. The molecule has 3 nitrogen and oxygen atoms in total. The Labute approximate surface area is 104 Å². The van der Waals surface area contributed by atoms with Gasteiger partial charge in [-0.1, -0.05) is 18.7 Å². The van der Waals surface area contributed by atoms with Crippen LogP contribution in [0.15, 0.2) is 35.3 Å². The highest BCUT2D eigenvalue weighted by Gasteiger charge is 2.44. The van der Waals surface area contributed by atoms with E-state index in [0.717, 1.165) is 19.2 Å². The van der Waals surface area contributed by atoms with Gasteiger partial charge in [-0.15, -0.1) is 0 Å². The van der Waals surface area contributed by atoms with E-state index in [0.29, 0.717) is 0 Å². The van der Waals surface area contributed by atoms with Crippen LogP contribution in [0.5, 0.6) is 0 Å². The molecule has 0 aromatic rings. The van der Waals surface area contributed by atoms with Gasteiger partial charge in [0, 0.05) is 19.0 Å². The quantitative estimate of drug-likeness (QED) is 0.778. The maximum absolute atomic E-state index is 12.5. The van der Waals surface area contributed by atoms with Crippen molar-refractivity contribution in [2.45, 2.75) is 12.4 Å². The minimum atomic E-state index is -5.08. The first kappa shape index (κ1) is 15.0. The highest BCUT2D eigenvalue weighted by atomic mass is 32.2. The molecule has 0 radical (unpaired) electrons. The van der Waals surface area contributed by atoms with E-state index in [1.54, 1.807) is 6.08 Å². The van der Waals surface area contributed by atoms with Crippen molar-refractivity contribution in [1.82, 2.24) is 5.32 Å². The van der Waals surface area contributed by atoms with Crippen LogP contribution in [0.3, 0.4) is 0 Å². The first-order valence-electron chi connectivity index (χ1n) is 5.26. The molecule has 1 atom stereocenters. The third-order valence-corrected chi connectivity index (χ3v) is 4.26. The highest BCUT2D eigenvalue weighted by molar-refractivity contribution is 7.97. The molecular formula is C11H15F3N2OS. The average Bonchev–Trinajstić information content (AvgIpc) is 2.11.